The van der Waals surface area contributed by atoms with E-state index in [1.54, 1.807) is 6.07 Å². The van der Waals surface area contributed by atoms with E-state index in [9.17, 15) is 0 Å². The van der Waals surface area contributed by atoms with E-state index in [0.29, 0.717) is 10.0 Å². The molecule has 1 N–H and O–H groups in total. The summed E-state index contributed by atoms with van der Waals surface area (Å²) in [5.41, 5.74) is 0.952. The lowest BCUT2D eigenvalue weighted by atomic mass is 10.2. The summed E-state index contributed by atoms with van der Waals surface area (Å²) in [4.78, 5) is 5.59. The van der Waals surface area contributed by atoms with Gasteiger partial charge in [-0.3, -0.25) is 9.91 Å². The van der Waals surface area contributed by atoms with Gasteiger partial charge in [0.1, 0.15) is 13.1 Å². The summed E-state index contributed by atoms with van der Waals surface area (Å²) in [5, 5.41) is 7.71. The van der Waals surface area contributed by atoms with Gasteiger partial charge in [0.25, 0.3) is 5.82 Å². The molecule has 0 saturated carbocycles. The molecule has 0 atom stereocenters. The van der Waals surface area contributed by atoms with Gasteiger partial charge in [-0.2, -0.15) is 5.10 Å². The number of benzene rings is 1. The van der Waals surface area contributed by atoms with Gasteiger partial charge in [0, 0.05) is 6.07 Å². The number of hydrogen-bond acceptors (Lipinski definition) is 3. The van der Waals surface area contributed by atoms with Crippen LogP contribution in [-0.4, -0.2) is 37.4 Å². The maximum atomic E-state index is 6.00. The predicted octanol–water partition coefficient (Wildman–Crippen LogP) is 2.96. The van der Waals surface area contributed by atoms with E-state index < -0.39 is 0 Å². The molecule has 0 unspecified atom stereocenters. The molecule has 2 heterocycles. The van der Waals surface area contributed by atoms with Gasteiger partial charge in [0.2, 0.25) is 0 Å². The summed E-state index contributed by atoms with van der Waals surface area (Å²) < 4.78 is 0. The van der Waals surface area contributed by atoms with Gasteiger partial charge in [-0.1, -0.05) is 35.3 Å². The largest absolute Gasteiger partial charge is 0.289 e. The average molecular weight is 336 g/mol. The van der Waals surface area contributed by atoms with Crippen LogP contribution < -0.4 is 9.88 Å². The fraction of sp³-hybridized carbons (Fsp3) is 0.250. The zero-order chi connectivity index (χ0) is 15.4. The Morgan fingerprint density at radius 2 is 1.82 bits per heavy atom. The van der Waals surface area contributed by atoms with E-state index in [-0.39, 0.29) is 0 Å². The molecule has 0 radical (unpaired) electrons. The quantitative estimate of drug-likeness (QED) is 0.808. The minimum Gasteiger partial charge on any atom is -0.289 e. The first-order chi connectivity index (χ1) is 10.7. The van der Waals surface area contributed by atoms with Crippen LogP contribution in [0.15, 0.2) is 47.7 Å². The third kappa shape index (κ3) is 3.70. The van der Waals surface area contributed by atoms with Crippen molar-refractivity contribution in [1.29, 1.82) is 0 Å². The molecule has 0 bridgehead atoms. The van der Waals surface area contributed by atoms with Crippen LogP contribution in [0.1, 0.15) is 5.56 Å². The highest BCUT2D eigenvalue weighted by molar-refractivity contribution is 6.42. The minimum absolute atomic E-state index is 0.551. The molecule has 1 aliphatic heterocycles. The standard InChI is InChI=1S/C16H16Cl2N4/c17-14-5-4-13(11-15(14)18)12-20-22-9-7-21(8-10-22)16-3-1-2-6-19-16/h1-6,11-12H,7-10H2/p+1. The number of halogens is 2. The van der Waals surface area contributed by atoms with Crippen molar-refractivity contribution in [3.63, 3.8) is 0 Å². The van der Waals surface area contributed by atoms with Gasteiger partial charge in [-0.05, 0) is 23.8 Å². The first-order valence-electron chi connectivity index (χ1n) is 7.18. The second-order valence-electron chi connectivity index (χ2n) is 5.11. The van der Waals surface area contributed by atoms with Gasteiger partial charge in [-0.25, -0.2) is 4.98 Å². The number of anilines is 1. The summed E-state index contributed by atoms with van der Waals surface area (Å²) in [5.74, 6) is 1.15. The number of nitrogens with one attached hydrogen (secondary N) is 1. The second kappa shape index (κ2) is 6.99. The highest BCUT2D eigenvalue weighted by Gasteiger charge is 2.21. The Balaban J connectivity index is 1.57. The third-order valence-electron chi connectivity index (χ3n) is 3.60. The average Bonchev–Trinajstić information content (AvgIpc) is 2.57. The minimum atomic E-state index is 0.551. The number of hydrogen-bond donors (Lipinski definition) is 0. The smallest absolute Gasteiger partial charge is 0.274 e. The van der Waals surface area contributed by atoms with Crippen LogP contribution in [0.5, 0.6) is 0 Å². The lowest BCUT2D eigenvalue weighted by Gasteiger charge is -2.28. The molecular formula is C16H17Cl2N4+. The third-order valence-corrected chi connectivity index (χ3v) is 4.34. The Kier molecular flexibility index (Phi) is 4.80. The van der Waals surface area contributed by atoms with E-state index in [2.05, 4.69) is 26.1 Å². The molecule has 0 aliphatic carbocycles. The van der Waals surface area contributed by atoms with Gasteiger partial charge in [-0.15, -0.1) is 0 Å². The summed E-state index contributed by atoms with van der Waals surface area (Å²) in [7, 11) is 0. The normalized spacial score (nSPS) is 15.5. The van der Waals surface area contributed by atoms with E-state index in [1.807, 2.05) is 36.7 Å². The molecule has 22 heavy (non-hydrogen) atoms. The molecule has 6 heteroatoms. The first kappa shape index (κ1) is 15.1. The van der Waals surface area contributed by atoms with Crippen LogP contribution in [0.4, 0.5) is 5.82 Å². The second-order valence-corrected chi connectivity index (χ2v) is 5.92. The SMILES string of the molecule is Clc1ccc(C=NN2CCN(c3cccc[nH+]3)CC2)cc1Cl. The van der Waals surface area contributed by atoms with Gasteiger partial charge in [0.15, 0.2) is 0 Å². The molecule has 1 fully saturated rings. The van der Waals surface area contributed by atoms with Gasteiger partial charge in [0.05, 0.1) is 35.5 Å². The molecule has 0 spiro atoms. The van der Waals surface area contributed by atoms with Crippen LogP contribution in [0.2, 0.25) is 10.0 Å². The summed E-state index contributed by atoms with van der Waals surface area (Å²) >= 11 is 11.9. The molecule has 3 rings (SSSR count). The molecule has 114 valence electrons. The number of hydrazone groups is 1. The van der Waals surface area contributed by atoms with E-state index >= 15 is 0 Å². The Morgan fingerprint density at radius 1 is 1.00 bits per heavy atom. The zero-order valence-corrected chi connectivity index (χ0v) is 13.6. The lowest BCUT2D eigenvalue weighted by Crippen LogP contribution is -2.45. The molecule has 1 aromatic carbocycles. The van der Waals surface area contributed by atoms with E-state index in [4.69, 9.17) is 23.2 Å². The number of pyridine rings is 1. The van der Waals surface area contributed by atoms with Crippen molar-refractivity contribution in [2.45, 2.75) is 0 Å². The van der Waals surface area contributed by atoms with Gasteiger partial charge < -0.3 is 0 Å². The van der Waals surface area contributed by atoms with Crippen molar-refractivity contribution in [3.05, 3.63) is 58.2 Å². The monoisotopic (exact) mass is 335 g/mol. The zero-order valence-electron chi connectivity index (χ0n) is 12.0. The predicted molar refractivity (Wildman–Crippen MR) is 90.8 cm³/mol. The molecule has 1 aliphatic rings. The number of rotatable bonds is 3. The molecule has 1 aromatic heterocycles. The Labute approximate surface area is 140 Å². The van der Waals surface area contributed by atoms with E-state index in [0.717, 1.165) is 37.6 Å². The first-order valence-corrected chi connectivity index (χ1v) is 7.93. The van der Waals surface area contributed by atoms with Crippen LogP contribution in [0.3, 0.4) is 0 Å². The fourth-order valence-corrected chi connectivity index (χ4v) is 2.68. The van der Waals surface area contributed by atoms with Crippen LogP contribution in [0.25, 0.3) is 0 Å². The van der Waals surface area contributed by atoms with Crippen molar-refractivity contribution >= 4 is 35.2 Å². The Morgan fingerprint density at radius 3 is 2.50 bits per heavy atom. The molecule has 4 nitrogen and oxygen atoms in total. The number of piperazine rings is 1. The number of nitrogens with zero attached hydrogens (tertiary/aromatic N) is 3. The van der Waals surface area contributed by atoms with Crippen LogP contribution in [-0.2, 0) is 0 Å². The van der Waals surface area contributed by atoms with Crippen LogP contribution in [0, 0.1) is 0 Å². The highest BCUT2D eigenvalue weighted by Crippen LogP contribution is 2.21. The van der Waals surface area contributed by atoms with Crippen molar-refractivity contribution in [1.82, 2.24) is 5.01 Å². The van der Waals surface area contributed by atoms with Gasteiger partial charge >= 0.3 is 0 Å². The Bertz CT molecular complexity index is 652. The topological polar surface area (TPSA) is 33.0 Å². The number of aromatic nitrogens is 1. The van der Waals surface area contributed by atoms with Crippen molar-refractivity contribution in [2.24, 2.45) is 5.10 Å². The number of aromatic amines is 1. The molecule has 1 saturated heterocycles. The fourth-order valence-electron chi connectivity index (χ4n) is 2.37. The van der Waals surface area contributed by atoms with Crippen molar-refractivity contribution in [3.8, 4) is 0 Å². The molecular weight excluding hydrogens is 319 g/mol. The summed E-state index contributed by atoms with van der Waals surface area (Å²) in [6.07, 6.45) is 3.77. The summed E-state index contributed by atoms with van der Waals surface area (Å²) in [6.45, 7) is 3.67. The van der Waals surface area contributed by atoms with Crippen molar-refractivity contribution < 1.29 is 4.98 Å². The van der Waals surface area contributed by atoms with Crippen LogP contribution >= 0.6 is 23.2 Å². The number of H-pyrrole nitrogens is 1. The highest BCUT2D eigenvalue weighted by atomic mass is 35.5. The maximum Gasteiger partial charge on any atom is 0.274 e. The van der Waals surface area contributed by atoms with E-state index in [1.165, 1.54) is 0 Å². The molecule has 2 aromatic rings. The molecule has 0 amide bonds. The maximum absolute atomic E-state index is 6.00. The summed E-state index contributed by atoms with van der Waals surface area (Å²) in [6, 6.07) is 11.6. The Hall–Kier alpha value is -1.78. The van der Waals surface area contributed by atoms with Crippen molar-refractivity contribution in [2.75, 3.05) is 31.1 Å². The lowest BCUT2D eigenvalue weighted by molar-refractivity contribution is -0.364.